The number of amides is 2. The summed E-state index contributed by atoms with van der Waals surface area (Å²) in [5, 5.41) is 6.06. The molecule has 10 heteroatoms. The van der Waals surface area contributed by atoms with Gasteiger partial charge < -0.3 is 10.1 Å². The number of alkyl halides is 2. The molecular weight excluding hydrogens is 669 g/mol. The van der Waals surface area contributed by atoms with Gasteiger partial charge in [-0.15, -0.1) is 0 Å². The van der Waals surface area contributed by atoms with Crippen LogP contribution in [-0.4, -0.2) is 57.6 Å². The van der Waals surface area contributed by atoms with Gasteiger partial charge in [0.05, 0.1) is 23.4 Å². The van der Waals surface area contributed by atoms with Crippen molar-refractivity contribution in [2.75, 3.05) is 40.7 Å². The summed E-state index contributed by atoms with van der Waals surface area (Å²) in [5.41, 5.74) is 4.25. The van der Waals surface area contributed by atoms with Gasteiger partial charge in [0.2, 0.25) is 5.91 Å². The Morgan fingerprint density at radius 3 is 2.57 bits per heavy atom. The van der Waals surface area contributed by atoms with Crippen LogP contribution in [0.5, 0.6) is 5.75 Å². The smallest absolute Gasteiger partial charge is 0.153 e. The Bertz CT molecular complexity index is 1400. The Labute approximate surface area is 259 Å². The van der Waals surface area contributed by atoms with Crippen molar-refractivity contribution in [2.45, 2.75) is 38.2 Å². The average Bonchev–Trinajstić information content (AvgIpc) is 2.98. The van der Waals surface area contributed by atoms with Crippen LogP contribution < -0.4 is 15.4 Å². The zero-order valence-electron chi connectivity index (χ0n) is 24.1. The van der Waals surface area contributed by atoms with E-state index in [0.29, 0.717) is 41.8 Å². The Balaban J connectivity index is 1.40. The molecule has 224 valence electrons. The number of piperidine rings is 1. The maximum atomic E-state index is 13.0. The molecule has 1 unspecified atom stereocenters. The van der Waals surface area contributed by atoms with Crippen molar-refractivity contribution in [2.24, 2.45) is 0 Å². The van der Waals surface area contributed by atoms with E-state index in [2.05, 4.69) is 23.6 Å². The number of hydrogen-bond donors (Lipinski definition) is 2. The topological polar surface area (TPSA) is 97.0 Å². The molecule has 8 nitrogen and oxygen atoms in total. The summed E-state index contributed by atoms with van der Waals surface area (Å²) in [6.07, 6.45) is 3.48. The van der Waals surface area contributed by atoms with Gasteiger partial charge in [0.25, 0.3) is 0 Å². The largest absolute Gasteiger partial charge is 0.298 e. The molecule has 4 rings (SSSR count). The van der Waals surface area contributed by atoms with Crippen LogP contribution in [0.25, 0.3) is 11.1 Å². The predicted molar refractivity (Wildman–Crippen MR) is 177 cm³/mol. The molecule has 1 saturated heterocycles. The Morgan fingerprint density at radius 2 is 1.86 bits per heavy atom. The van der Waals surface area contributed by atoms with E-state index < -0.39 is 26.2 Å². The van der Waals surface area contributed by atoms with Crippen molar-refractivity contribution in [3.05, 3.63) is 76.8 Å². The number of carbonyl (C=O) groups excluding carboxylic acids is 3. The molecular formula is C32H37ClIN3O5. The van der Waals surface area contributed by atoms with E-state index in [1.54, 1.807) is 6.07 Å². The average molecular weight is 706 g/mol. The van der Waals surface area contributed by atoms with E-state index >= 15 is 0 Å². The fraction of sp³-hybridized carbons (Fsp3) is 0.344. The number of hydrogen-bond acceptors (Lipinski definition) is 6. The quantitative estimate of drug-likeness (QED) is 0.0930. The molecule has 1 aliphatic heterocycles. The minimum atomic E-state index is -1.11. The molecule has 1 aliphatic rings. The number of aryl methyl sites for hydroxylation is 1. The van der Waals surface area contributed by atoms with E-state index in [4.69, 9.17) is 21.1 Å². The third kappa shape index (κ3) is 8.68. The maximum absolute atomic E-state index is 13.0. The van der Waals surface area contributed by atoms with Gasteiger partial charge in [0, 0.05) is 6.07 Å². The van der Waals surface area contributed by atoms with Crippen LogP contribution in [-0.2, 0) is 16.0 Å². The van der Waals surface area contributed by atoms with Gasteiger partial charge in [-0.2, -0.15) is 0 Å². The van der Waals surface area contributed by atoms with Crippen LogP contribution in [0.15, 0.2) is 60.7 Å². The van der Waals surface area contributed by atoms with Crippen LogP contribution in [0.2, 0.25) is 5.02 Å². The third-order valence-corrected chi connectivity index (χ3v) is 11.0. The summed E-state index contributed by atoms with van der Waals surface area (Å²) in [4.78, 5) is 41.5. The van der Waals surface area contributed by atoms with Crippen LogP contribution in [0, 0.1) is 0 Å². The van der Waals surface area contributed by atoms with Crippen molar-refractivity contribution in [3.8, 4) is 16.9 Å². The van der Waals surface area contributed by atoms with E-state index in [1.165, 1.54) is 13.2 Å². The van der Waals surface area contributed by atoms with E-state index in [1.807, 2.05) is 48.5 Å². The zero-order valence-corrected chi connectivity index (χ0v) is 27.0. The molecule has 2 amide bonds. The van der Waals surface area contributed by atoms with Gasteiger partial charge >= 0.3 is 176 Å². The molecule has 3 aromatic carbocycles. The fourth-order valence-electron chi connectivity index (χ4n) is 4.91. The van der Waals surface area contributed by atoms with E-state index in [9.17, 15) is 14.4 Å². The molecule has 0 bridgehead atoms. The van der Waals surface area contributed by atoms with Crippen molar-refractivity contribution in [1.82, 2.24) is 3.11 Å². The third-order valence-electron chi connectivity index (χ3n) is 7.08. The molecule has 1 atom stereocenters. The van der Waals surface area contributed by atoms with Crippen LogP contribution >= 0.6 is 31.7 Å². The summed E-state index contributed by atoms with van der Waals surface area (Å²) < 4.78 is 13.6. The van der Waals surface area contributed by atoms with Gasteiger partial charge in [-0.05, 0) is 6.07 Å². The summed E-state index contributed by atoms with van der Waals surface area (Å²) >= 11 is 5.13. The van der Waals surface area contributed by atoms with Crippen molar-refractivity contribution in [3.63, 3.8) is 0 Å². The number of carbonyl (C=O) groups is 3. The van der Waals surface area contributed by atoms with Gasteiger partial charge in [-0.25, -0.2) is 0 Å². The molecule has 2 N–H and O–H groups in total. The van der Waals surface area contributed by atoms with Gasteiger partial charge in [0.15, 0.2) is 6.29 Å². The Kier molecular flexibility index (Phi) is 11.6. The molecule has 3 aromatic rings. The standard InChI is InChI=1S/C32H37ClIN3O5/c1-34(2)37-16-8-12-25(20-37)42-32(40)36-28-17-22(14-15-26(28)23-10-5-4-6-11-23)9-7-13-31(39)35-29-19-30(41-3)24(21-38)18-27(29)33/h4-6,10-11,14-15,17-19,21,25H,7-9,12-13,16,20H2,1-3H3,(H,35,39)(H,36,40). The first-order chi connectivity index (χ1) is 20.3. The van der Waals surface area contributed by atoms with Crippen molar-refractivity contribution < 1.29 is 23.9 Å². The second-order valence-electron chi connectivity index (χ2n) is 10.2. The summed E-state index contributed by atoms with van der Waals surface area (Å²) in [5.74, 6) is 0.136. The summed E-state index contributed by atoms with van der Waals surface area (Å²) in [6, 6.07) is 18.9. The molecule has 0 saturated carbocycles. The number of ether oxygens (including phenoxy) is 2. The van der Waals surface area contributed by atoms with Gasteiger partial charge in [-0.1, -0.05) is 11.6 Å². The molecule has 1 heterocycles. The maximum Gasteiger partial charge on any atom is 0.153 e. The van der Waals surface area contributed by atoms with Crippen LogP contribution in [0.3, 0.4) is 0 Å². The number of nitrogens with one attached hydrogen (secondary N) is 2. The van der Waals surface area contributed by atoms with Crippen molar-refractivity contribution >= 4 is 61.4 Å². The molecule has 0 radical (unpaired) electrons. The molecule has 0 aliphatic carbocycles. The number of benzene rings is 3. The second-order valence-corrected chi connectivity index (χ2v) is 16.1. The first-order valence-electron chi connectivity index (χ1n) is 13.8. The predicted octanol–water partition coefficient (Wildman–Crippen LogP) is 7.48. The fourth-order valence-corrected chi connectivity index (χ4v) is 7.66. The Morgan fingerprint density at radius 1 is 1.07 bits per heavy atom. The molecule has 0 aromatic heterocycles. The summed E-state index contributed by atoms with van der Waals surface area (Å²) in [6.45, 7) is 1.89. The van der Waals surface area contributed by atoms with Crippen LogP contribution in [0.4, 0.5) is 16.2 Å². The number of methoxy groups -OCH3 is 1. The number of rotatable bonds is 11. The molecule has 1 fully saturated rings. The number of anilines is 2. The SMILES string of the molecule is COc1cc(NC(=O)CCCc2ccc(-c3ccccc3)c(NC(=O)OC3CCCN(I(C)C)C3)c2)c(Cl)cc1C=O. The van der Waals surface area contributed by atoms with E-state index in [0.717, 1.165) is 42.6 Å². The first kappa shape index (κ1) is 31.8. The van der Waals surface area contributed by atoms with Gasteiger partial charge in [-0.3, -0.25) is 9.59 Å². The second kappa shape index (κ2) is 15.4. The first-order valence-corrected chi connectivity index (χ1v) is 19.5. The summed E-state index contributed by atoms with van der Waals surface area (Å²) in [7, 11) is 1.45. The van der Waals surface area contributed by atoms with E-state index in [-0.39, 0.29) is 23.5 Å². The Hall–Kier alpha value is -3.15. The van der Waals surface area contributed by atoms with Gasteiger partial charge in [0.1, 0.15) is 5.75 Å². The molecule has 0 spiro atoms. The number of halogens is 2. The zero-order chi connectivity index (χ0) is 30.1. The number of aldehydes is 1. The monoisotopic (exact) mass is 705 g/mol. The molecule has 42 heavy (non-hydrogen) atoms. The minimum absolute atomic E-state index is 0.108. The minimum Gasteiger partial charge on any atom is -0.298 e. The normalized spacial score (nSPS) is 15.4. The number of nitrogens with zero attached hydrogens (tertiary/aromatic N) is 1. The van der Waals surface area contributed by atoms with Crippen molar-refractivity contribution in [1.29, 1.82) is 0 Å². The van der Waals surface area contributed by atoms with Crippen LogP contribution in [0.1, 0.15) is 41.6 Å².